The molecule has 3 rings (SSSR count). The van der Waals surface area contributed by atoms with Gasteiger partial charge in [-0.3, -0.25) is 0 Å². The summed E-state index contributed by atoms with van der Waals surface area (Å²) in [6, 6.07) is 4.63. The molecule has 2 heterocycles. The summed E-state index contributed by atoms with van der Waals surface area (Å²) in [4.78, 5) is 14.3. The lowest BCUT2D eigenvalue weighted by atomic mass is 10.2. The molecule has 1 aliphatic rings. The van der Waals surface area contributed by atoms with Crippen LogP contribution >= 0.6 is 11.5 Å². The van der Waals surface area contributed by atoms with Gasteiger partial charge >= 0.3 is 6.09 Å². The van der Waals surface area contributed by atoms with E-state index in [0.29, 0.717) is 26.2 Å². The molecule has 0 aliphatic carbocycles. The number of fused-ring (bicyclic) bond motifs is 1. The highest BCUT2D eigenvalue weighted by molar-refractivity contribution is 7.13. The zero-order valence-corrected chi connectivity index (χ0v) is 10.9. The van der Waals surface area contributed by atoms with E-state index in [-0.39, 0.29) is 5.82 Å². The topological polar surface area (TPSA) is 56.7 Å². The van der Waals surface area contributed by atoms with Gasteiger partial charge in [-0.05, 0) is 29.7 Å². The van der Waals surface area contributed by atoms with Crippen LogP contribution in [-0.2, 0) is 0 Å². The van der Waals surface area contributed by atoms with Gasteiger partial charge in [0.15, 0.2) is 0 Å². The molecule has 1 aliphatic heterocycles. The van der Waals surface area contributed by atoms with Crippen molar-refractivity contribution in [2.45, 2.75) is 0 Å². The Hall–Kier alpha value is -1.89. The molecule has 19 heavy (non-hydrogen) atoms. The first kappa shape index (κ1) is 12.2. The van der Waals surface area contributed by atoms with Gasteiger partial charge in [0.1, 0.15) is 11.6 Å². The first-order valence-corrected chi connectivity index (χ1v) is 6.70. The summed E-state index contributed by atoms with van der Waals surface area (Å²) in [7, 11) is 0. The fourth-order valence-corrected chi connectivity index (χ4v) is 3.06. The van der Waals surface area contributed by atoms with E-state index in [4.69, 9.17) is 5.11 Å². The zero-order valence-electron chi connectivity index (χ0n) is 10.0. The third-order valence-electron chi connectivity index (χ3n) is 3.26. The van der Waals surface area contributed by atoms with Gasteiger partial charge in [0.25, 0.3) is 0 Å². The molecule has 0 saturated carbocycles. The number of benzene rings is 1. The van der Waals surface area contributed by atoms with E-state index in [1.807, 2.05) is 0 Å². The molecule has 1 saturated heterocycles. The van der Waals surface area contributed by atoms with E-state index >= 15 is 0 Å². The van der Waals surface area contributed by atoms with Crippen LogP contribution < -0.4 is 4.90 Å². The van der Waals surface area contributed by atoms with Crippen molar-refractivity contribution < 1.29 is 14.3 Å². The number of hydrogen-bond acceptors (Lipinski definition) is 4. The number of aromatic nitrogens is 1. The molecular formula is C12H12FN3O2S. The Morgan fingerprint density at radius 2 is 2.05 bits per heavy atom. The van der Waals surface area contributed by atoms with Crippen LogP contribution in [0.4, 0.5) is 15.0 Å². The van der Waals surface area contributed by atoms with Crippen LogP contribution in [0.15, 0.2) is 18.2 Å². The number of carbonyl (C=O) groups is 1. The summed E-state index contributed by atoms with van der Waals surface area (Å²) < 4.78 is 18.3. The van der Waals surface area contributed by atoms with Crippen LogP contribution in [0.1, 0.15) is 0 Å². The summed E-state index contributed by atoms with van der Waals surface area (Å²) in [5.74, 6) is 0.559. The third kappa shape index (κ3) is 2.21. The average Bonchev–Trinajstić information content (AvgIpc) is 2.81. The summed E-state index contributed by atoms with van der Waals surface area (Å²) >= 11 is 1.27. The van der Waals surface area contributed by atoms with Crippen molar-refractivity contribution in [3.63, 3.8) is 0 Å². The highest BCUT2D eigenvalue weighted by Gasteiger charge is 2.23. The third-order valence-corrected chi connectivity index (χ3v) is 4.06. The highest BCUT2D eigenvalue weighted by atomic mass is 32.1. The zero-order chi connectivity index (χ0) is 13.4. The van der Waals surface area contributed by atoms with Gasteiger partial charge in [0.05, 0.1) is 4.70 Å². The molecule has 1 aromatic carbocycles. The minimum Gasteiger partial charge on any atom is -0.465 e. The van der Waals surface area contributed by atoms with E-state index in [9.17, 15) is 9.18 Å². The maximum absolute atomic E-state index is 13.1. The lowest BCUT2D eigenvalue weighted by Crippen LogP contribution is -2.48. The summed E-state index contributed by atoms with van der Waals surface area (Å²) in [6.07, 6.45) is -0.884. The predicted octanol–water partition coefficient (Wildman–Crippen LogP) is 2.24. The molecule has 1 amide bonds. The first-order chi connectivity index (χ1) is 9.15. The van der Waals surface area contributed by atoms with Crippen molar-refractivity contribution in [3.05, 3.63) is 24.0 Å². The maximum Gasteiger partial charge on any atom is 0.407 e. The maximum atomic E-state index is 13.1. The van der Waals surface area contributed by atoms with Crippen molar-refractivity contribution in [1.82, 2.24) is 9.27 Å². The summed E-state index contributed by atoms with van der Waals surface area (Å²) in [5, 5.41) is 9.84. The van der Waals surface area contributed by atoms with Gasteiger partial charge in [-0.15, -0.1) is 0 Å². The van der Waals surface area contributed by atoms with Gasteiger partial charge in [-0.2, -0.15) is 4.37 Å². The number of hydrogen-bond donors (Lipinski definition) is 1. The Kier molecular flexibility index (Phi) is 2.98. The van der Waals surface area contributed by atoms with Crippen molar-refractivity contribution in [2.24, 2.45) is 0 Å². The van der Waals surface area contributed by atoms with Crippen LogP contribution in [-0.4, -0.2) is 46.7 Å². The SMILES string of the molecule is O=C(O)N1CCN(c2nsc3cc(F)ccc23)CC1. The number of halogens is 1. The minimum atomic E-state index is -0.884. The van der Waals surface area contributed by atoms with E-state index in [0.717, 1.165) is 15.9 Å². The van der Waals surface area contributed by atoms with Crippen molar-refractivity contribution in [1.29, 1.82) is 0 Å². The molecule has 1 aromatic heterocycles. The minimum absolute atomic E-state index is 0.265. The quantitative estimate of drug-likeness (QED) is 0.871. The lowest BCUT2D eigenvalue weighted by Gasteiger charge is -2.33. The van der Waals surface area contributed by atoms with Gasteiger partial charge in [0.2, 0.25) is 0 Å². The molecule has 1 fully saturated rings. The average molecular weight is 281 g/mol. The first-order valence-electron chi connectivity index (χ1n) is 5.93. The molecule has 0 bridgehead atoms. The fraction of sp³-hybridized carbons (Fsp3) is 0.333. The number of nitrogens with zero attached hydrogens (tertiary/aromatic N) is 3. The van der Waals surface area contributed by atoms with Gasteiger partial charge in [-0.25, -0.2) is 9.18 Å². The number of amides is 1. The molecule has 0 atom stereocenters. The van der Waals surface area contributed by atoms with Crippen LogP contribution in [0.5, 0.6) is 0 Å². The standard InChI is InChI=1S/C12H12FN3O2S/c13-8-1-2-9-10(7-8)19-14-11(9)15-3-5-16(6-4-15)12(17)18/h1-2,7H,3-6H2,(H,17,18). The smallest absolute Gasteiger partial charge is 0.407 e. The fourth-order valence-electron chi connectivity index (χ4n) is 2.24. The van der Waals surface area contributed by atoms with E-state index < -0.39 is 6.09 Å². The van der Waals surface area contributed by atoms with Crippen LogP contribution in [0, 0.1) is 5.82 Å². The van der Waals surface area contributed by atoms with E-state index in [2.05, 4.69) is 9.27 Å². The van der Waals surface area contributed by atoms with Gasteiger partial charge in [-0.1, -0.05) is 0 Å². The highest BCUT2D eigenvalue weighted by Crippen LogP contribution is 2.30. The Balaban J connectivity index is 1.84. The van der Waals surface area contributed by atoms with Crippen LogP contribution in [0.25, 0.3) is 10.1 Å². The molecule has 5 nitrogen and oxygen atoms in total. The summed E-state index contributed by atoms with van der Waals surface area (Å²) in [5.41, 5.74) is 0. The predicted molar refractivity (Wildman–Crippen MR) is 71.4 cm³/mol. The van der Waals surface area contributed by atoms with Crippen molar-refractivity contribution in [3.8, 4) is 0 Å². The summed E-state index contributed by atoms with van der Waals surface area (Å²) in [6.45, 7) is 2.16. The Labute approximate surface area is 113 Å². The Morgan fingerprint density at radius 1 is 1.32 bits per heavy atom. The lowest BCUT2D eigenvalue weighted by molar-refractivity contribution is 0.142. The molecule has 0 radical (unpaired) electrons. The molecule has 2 aromatic rings. The molecular weight excluding hydrogens is 269 g/mol. The monoisotopic (exact) mass is 281 g/mol. The number of piperazine rings is 1. The van der Waals surface area contributed by atoms with Gasteiger partial charge < -0.3 is 14.9 Å². The van der Waals surface area contributed by atoms with E-state index in [1.54, 1.807) is 6.07 Å². The van der Waals surface area contributed by atoms with Crippen LogP contribution in [0.2, 0.25) is 0 Å². The number of carboxylic acid groups (broad SMARTS) is 1. The normalized spacial score (nSPS) is 16.1. The number of rotatable bonds is 1. The van der Waals surface area contributed by atoms with E-state index in [1.165, 1.54) is 28.6 Å². The van der Waals surface area contributed by atoms with Crippen molar-refractivity contribution in [2.75, 3.05) is 31.1 Å². The second-order valence-corrected chi connectivity index (χ2v) is 5.21. The van der Waals surface area contributed by atoms with Gasteiger partial charge in [0, 0.05) is 31.6 Å². The Bertz CT molecular complexity index is 622. The molecule has 0 unspecified atom stereocenters. The molecule has 0 spiro atoms. The van der Waals surface area contributed by atoms with Crippen molar-refractivity contribution >= 4 is 33.5 Å². The Morgan fingerprint density at radius 3 is 2.74 bits per heavy atom. The molecule has 100 valence electrons. The molecule has 7 heteroatoms. The second-order valence-electron chi connectivity index (χ2n) is 4.40. The number of anilines is 1. The second kappa shape index (κ2) is 4.65. The largest absolute Gasteiger partial charge is 0.465 e. The molecule has 1 N–H and O–H groups in total. The van der Waals surface area contributed by atoms with Crippen LogP contribution in [0.3, 0.4) is 0 Å².